The Hall–Kier alpha value is -0.521. The fourth-order valence-electron chi connectivity index (χ4n) is 0.143. The molecule has 4 nitrogen and oxygen atoms in total. The first-order valence-electron chi connectivity index (χ1n) is 2.27. The summed E-state index contributed by atoms with van der Waals surface area (Å²) in [4.78, 5) is 21.2. The molecular formula is C5H7O4Sn. The van der Waals surface area contributed by atoms with E-state index in [0.29, 0.717) is 12.2 Å². The Bertz CT molecular complexity index is 125. The second-order valence-electron chi connectivity index (χ2n) is 1.01. The molecule has 0 aromatic heterocycles. The average Bonchev–Trinajstić information content (AvgIpc) is 1.89. The first-order chi connectivity index (χ1) is 4.63. The van der Waals surface area contributed by atoms with Crippen LogP contribution in [0.1, 0.15) is 0 Å². The number of hydrogen-bond acceptors (Lipinski definition) is 2. The van der Waals surface area contributed by atoms with Gasteiger partial charge in [-0.05, 0) is 0 Å². The molecule has 0 aliphatic rings. The molecule has 10 heavy (non-hydrogen) atoms. The number of carboxylic acid groups (broad SMARTS) is 2. The van der Waals surface area contributed by atoms with Crippen molar-refractivity contribution >= 4 is 34.5 Å². The van der Waals surface area contributed by atoms with Crippen LogP contribution in [0.25, 0.3) is 0 Å². The van der Waals surface area contributed by atoms with Crippen LogP contribution < -0.4 is 0 Å². The molecule has 0 fully saturated rings. The number of hydrogen-bond donors (Lipinski definition) is 2. The molecule has 0 spiro atoms. The van der Waals surface area contributed by atoms with E-state index in [1.807, 2.05) is 0 Å². The normalized spacial score (nSPS) is 8.20. The Kier molecular flexibility index (Phi) is 10.3. The van der Waals surface area contributed by atoms with Crippen molar-refractivity contribution in [3.05, 3.63) is 12.2 Å². The molecule has 2 N–H and O–H groups in total. The van der Waals surface area contributed by atoms with Gasteiger partial charge in [-0.3, -0.25) is 0 Å². The third kappa shape index (κ3) is 15.6. The Morgan fingerprint density at radius 1 is 1.10 bits per heavy atom. The Balaban J connectivity index is 0. The summed E-state index contributed by atoms with van der Waals surface area (Å²) in [7, 11) is 0. The van der Waals surface area contributed by atoms with Gasteiger partial charge < -0.3 is 10.2 Å². The quantitative estimate of drug-likeness (QED) is 0.530. The Morgan fingerprint density at radius 2 is 1.30 bits per heavy atom. The van der Waals surface area contributed by atoms with Gasteiger partial charge >= 0.3 is 39.4 Å². The first-order valence-corrected chi connectivity index (χ1v) is 5.12. The van der Waals surface area contributed by atoms with E-state index in [9.17, 15) is 9.59 Å². The molecule has 55 valence electrons. The van der Waals surface area contributed by atoms with E-state index in [1.54, 1.807) is 22.5 Å². The van der Waals surface area contributed by atoms with Gasteiger partial charge in [0.2, 0.25) is 0 Å². The molecule has 0 atom stereocenters. The molecule has 3 radical (unpaired) electrons. The van der Waals surface area contributed by atoms with Crippen LogP contribution in [-0.4, -0.2) is 44.7 Å². The molecule has 0 heterocycles. The first kappa shape index (κ1) is 12.2. The van der Waals surface area contributed by atoms with Crippen LogP contribution in [0, 0.1) is 0 Å². The molecule has 0 aliphatic carbocycles. The van der Waals surface area contributed by atoms with Gasteiger partial charge in [0, 0.05) is 12.2 Å². The van der Waals surface area contributed by atoms with E-state index in [4.69, 9.17) is 10.2 Å². The summed E-state index contributed by atoms with van der Waals surface area (Å²) < 4.78 is 0. The molecule has 0 aromatic rings. The van der Waals surface area contributed by atoms with Gasteiger partial charge in [-0.1, -0.05) is 0 Å². The van der Waals surface area contributed by atoms with Gasteiger partial charge in [-0.25, -0.2) is 9.59 Å². The Morgan fingerprint density at radius 3 is 1.40 bits per heavy atom. The van der Waals surface area contributed by atoms with Crippen LogP contribution in [-0.2, 0) is 9.59 Å². The van der Waals surface area contributed by atoms with Crippen LogP contribution in [0.4, 0.5) is 0 Å². The number of carbonyl (C=O) groups is 2. The molecule has 0 aliphatic heterocycles. The van der Waals surface area contributed by atoms with Crippen molar-refractivity contribution in [2.75, 3.05) is 0 Å². The fourth-order valence-corrected chi connectivity index (χ4v) is 0.143. The number of carboxylic acids is 2. The molecular weight excluding hydrogens is 243 g/mol. The van der Waals surface area contributed by atoms with Crippen molar-refractivity contribution in [1.29, 1.82) is 0 Å². The van der Waals surface area contributed by atoms with E-state index in [1.165, 1.54) is 0 Å². The zero-order valence-electron chi connectivity index (χ0n) is 5.37. The van der Waals surface area contributed by atoms with Crippen LogP contribution in [0.3, 0.4) is 0 Å². The van der Waals surface area contributed by atoms with Gasteiger partial charge in [0.25, 0.3) is 0 Å². The van der Waals surface area contributed by atoms with E-state index in [-0.39, 0.29) is 0 Å². The Labute approximate surface area is 71.6 Å². The summed E-state index contributed by atoms with van der Waals surface area (Å²) in [6.45, 7) is 0. The van der Waals surface area contributed by atoms with Crippen molar-refractivity contribution in [2.24, 2.45) is 0 Å². The standard InChI is InChI=1S/C4H4O4.CH3.Sn/c5-3(6)1-2-4(7)8;;/h1-2H,(H,5,6)(H,7,8);1H3;. The summed E-state index contributed by atoms with van der Waals surface area (Å²) in [5.41, 5.74) is 0. The number of rotatable bonds is 2. The van der Waals surface area contributed by atoms with Crippen molar-refractivity contribution in [2.45, 2.75) is 4.94 Å². The minimum absolute atomic E-state index is 0.558. The molecule has 0 bridgehead atoms. The van der Waals surface area contributed by atoms with E-state index >= 15 is 0 Å². The van der Waals surface area contributed by atoms with Gasteiger partial charge in [-0.15, -0.1) is 0 Å². The van der Waals surface area contributed by atoms with Gasteiger partial charge in [0.05, 0.1) is 0 Å². The molecule has 0 amide bonds. The van der Waals surface area contributed by atoms with Gasteiger partial charge in [0.15, 0.2) is 0 Å². The molecule has 0 saturated carbocycles. The van der Waals surface area contributed by atoms with Crippen LogP contribution in [0.5, 0.6) is 0 Å². The number of aliphatic carboxylic acids is 2. The molecule has 0 rings (SSSR count). The van der Waals surface area contributed by atoms with Crippen LogP contribution in [0.15, 0.2) is 12.2 Å². The molecule has 0 saturated heterocycles. The molecule has 5 heteroatoms. The second kappa shape index (κ2) is 8.48. The second-order valence-corrected chi connectivity index (χ2v) is 1.01. The van der Waals surface area contributed by atoms with Crippen molar-refractivity contribution in [3.8, 4) is 0 Å². The van der Waals surface area contributed by atoms with E-state index in [2.05, 4.69) is 4.94 Å². The predicted octanol–water partition coefficient (Wildman–Crippen LogP) is -0.0852. The van der Waals surface area contributed by atoms with Crippen molar-refractivity contribution in [3.63, 3.8) is 0 Å². The predicted molar refractivity (Wildman–Crippen MR) is 36.0 cm³/mol. The van der Waals surface area contributed by atoms with Crippen LogP contribution in [0.2, 0.25) is 4.94 Å². The summed E-state index contributed by atoms with van der Waals surface area (Å²) >= 11 is 1.55. The van der Waals surface area contributed by atoms with E-state index < -0.39 is 11.9 Å². The van der Waals surface area contributed by atoms with Gasteiger partial charge in [-0.2, -0.15) is 0 Å². The molecule has 0 unspecified atom stereocenters. The van der Waals surface area contributed by atoms with E-state index in [0.717, 1.165) is 0 Å². The third-order valence-corrected chi connectivity index (χ3v) is 0.368. The summed E-state index contributed by atoms with van der Waals surface area (Å²) in [6.07, 6.45) is 1.12. The van der Waals surface area contributed by atoms with Crippen LogP contribution >= 0.6 is 0 Å². The zero-order chi connectivity index (χ0) is 8.57. The summed E-state index contributed by atoms with van der Waals surface area (Å²) in [5.74, 6) is -2.51. The monoisotopic (exact) mass is 251 g/mol. The maximum atomic E-state index is 9.55. The van der Waals surface area contributed by atoms with Crippen molar-refractivity contribution < 1.29 is 19.8 Å². The maximum absolute atomic E-state index is 9.55. The zero-order valence-corrected chi connectivity index (χ0v) is 8.22. The SMILES string of the molecule is O=C(O)C=CC(=O)O.[CH3][Sn]. The van der Waals surface area contributed by atoms with Crippen molar-refractivity contribution in [1.82, 2.24) is 0 Å². The fraction of sp³-hybridized carbons (Fsp3) is 0.200. The molecule has 0 aromatic carbocycles. The summed E-state index contributed by atoms with van der Waals surface area (Å²) in [5, 5.41) is 15.6. The average molecular weight is 250 g/mol. The summed E-state index contributed by atoms with van der Waals surface area (Å²) in [6, 6.07) is 0. The van der Waals surface area contributed by atoms with Gasteiger partial charge in [0.1, 0.15) is 0 Å². The minimum atomic E-state index is -1.26. The third-order valence-electron chi connectivity index (χ3n) is 0.368. The topological polar surface area (TPSA) is 74.6 Å².